The highest BCUT2D eigenvalue weighted by atomic mass is 32.2. The Kier molecular flexibility index (Phi) is 4.15. The van der Waals surface area contributed by atoms with Gasteiger partial charge in [0.15, 0.2) is 0 Å². The summed E-state index contributed by atoms with van der Waals surface area (Å²) in [5.41, 5.74) is 2.16. The summed E-state index contributed by atoms with van der Waals surface area (Å²) in [6, 6.07) is 2.07. The van der Waals surface area contributed by atoms with Crippen LogP contribution < -0.4 is 5.32 Å². The van der Waals surface area contributed by atoms with Crippen molar-refractivity contribution in [3.63, 3.8) is 0 Å². The third kappa shape index (κ3) is 3.37. The number of rotatable bonds is 4. The van der Waals surface area contributed by atoms with Crippen LogP contribution in [0.4, 0.5) is 5.95 Å². The van der Waals surface area contributed by atoms with Crippen LogP contribution in [-0.2, 0) is 0 Å². The first-order valence-corrected chi connectivity index (χ1v) is 7.70. The van der Waals surface area contributed by atoms with Crippen LogP contribution in [0.3, 0.4) is 0 Å². The first-order valence-electron chi connectivity index (χ1n) is 6.72. The van der Waals surface area contributed by atoms with E-state index in [2.05, 4.69) is 53.9 Å². The smallest absolute Gasteiger partial charge is 0.223 e. The number of hydrogen-bond acceptors (Lipinski definition) is 4. The predicted molar refractivity (Wildman–Crippen MR) is 79.4 cm³/mol. The van der Waals surface area contributed by atoms with Crippen LogP contribution in [0.1, 0.15) is 50.9 Å². The van der Waals surface area contributed by atoms with Gasteiger partial charge in [-0.15, -0.1) is 0 Å². The van der Waals surface area contributed by atoms with Gasteiger partial charge in [-0.3, -0.25) is 0 Å². The van der Waals surface area contributed by atoms with Crippen LogP contribution >= 0.6 is 11.8 Å². The minimum Gasteiger partial charge on any atom is -0.353 e. The Balaban J connectivity index is 2.04. The molecule has 1 aliphatic rings. The van der Waals surface area contributed by atoms with Crippen LogP contribution in [0.25, 0.3) is 0 Å². The minimum atomic E-state index is 0.352. The van der Waals surface area contributed by atoms with Crippen LogP contribution in [0.5, 0.6) is 0 Å². The Labute approximate surface area is 114 Å². The number of nitrogens with one attached hydrogen (secondary N) is 1. The number of hydrogen-bond donors (Lipinski definition) is 1. The van der Waals surface area contributed by atoms with Gasteiger partial charge in [-0.25, -0.2) is 9.97 Å². The highest BCUT2D eigenvalue weighted by Crippen LogP contribution is 2.37. The third-order valence-corrected chi connectivity index (χ3v) is 4.92. The van der Waals surface area contributed by atoms with E-state index in [-0.39, 0.29) is 0 Å². The Morgan fingerprint density at radius 2 is 2.22 bits per heavy atom. The van der Waals surface area contributed by atoms with E-state index in [1.165, 1.54) is 18.6 Å². The first kappa shape index (κ1) is 13.7. The lowest BCUT2D eigenvalue weighted by molar-refractivity contribution is 0.631. The van der Waals surface area contributed by atoms with Crippen molar-refractivity contribution < 1.29 is 0 Å². The molecule has 0 saturated carbocycles. The second-order valence-corrected chi connectivity index (χ2v) is 7.35. The van der Waals surface area contributed by atoms with Gasteiger partial charge in [-0.1, -0.05) is 13.8 Å². The van der Waals surface area contributed by atoms with E-state index >= 15 is 0 Å². The molecule has 0 spiro atoms. The van der Waals surface area contributed by atoms with Gasteiger partial charge in [0.05, 0.1) is 0 Å². The predicted octanol–water partition coefficient (Wildman–Crippen LogP) is 3.61. The fraction of sp³-hybridized carbons (Fsp3) is 0.714. The van der Waals surface area contributed by atoms with E-state index in [9.17, 15) is 0 Å². The van der Waals surface area contributed by atoms with Gasteiger partial charge in [0, 0.05) is 22.7 Å². The topological polar surface area (TPSA) is 37.8 Å². The number of aryl methyl sites for hydroxylation is 1. The van der Waals surface area contributed by atoms with Gasteiger partial charge in [-0.2, -0.15) is 11.8 Å². The minimum absolute atomic E-state index is 0.352. The molecule has 1 fully saturated rings. The molecule has 2 rings (SSSR count). The zero-order chi connectivity index (χ0) is 13.2. The fourth-order valence-electron chi connectivity index (χ4n) is 2.21. The molecule has 1 aliphatic heterocycles. The van der Waals surface area contributed by atoms with Gasteiger partial charge < -0.3 is 5.32 Å². The molecule has 0 aliphatic carbocycles. The maximum absolute atomic E-state index is 4.59. The summed E-state index contributed by atoms with van der Waals surface area (Å²) in [5.74, 6) is 2.51. The summed E-state index contributed by atoms with van der Waals surface area (Å²) in [6.45, 7) is 9.65. The summed E-state index contributed by atoms with van der Waals surface area (Å²) >= 11 is 2.06. The molecule has 2 heterocycles. The quantitative estimate of drug-likeness (QED) is 0.902. The largest absolute Gasteiger partial charge is 0.353 e. The molecule has 1 aromatic heterocycles. The third-order valence-electron chi connectivity index (χ3n) is 3.39. The van der Waals surface area contributed by atoms with Gasteiger partial charge in [0.1, 0.15) is 0 Å². The summed E-state index contributed by atoms with van der Waals surface area (Å²) in [7, 11) is 0. The van der Waals surface area contributed by atoms with Crippen molar-refractivity contribution in [3.8, 4) is 0 Å². The average Bonchev–Trinajstić information content (AvgIpc) is 2.73. The van der Waals surface area contributed by atoms with Crippen molar-refractivity contribution in [2.24, 2.45) is 0 Å². The highest BCUT2D eigenvalue weighted by molar-refractivity contribution is 8.00. The lowest BCUT2D eigenvalue weighted by Crippen LogP contribution is -2.28. The zero-order valence-electron chi connectivity index (χ0n) is 11.8. The molecule has 100 valence electrons. The van der Waals surface area contributed by atoms with Crippen LogP contribution in [0.2, 0.25) is 0 Å². The molecular formula is C14H23N3S. The van der Waals surface area contributed by atoms with E-state index in [4.69, 9.17) is 0 Å². The summed E-state index contributed by atoms with van der Waals surface area (Å²) < 4.78 is 0.352. The molecular weight excluding hydrogens is 242 g/mol. The van der Waals surface area contributed by atoms with E-state index in [1.54, 1.807) is 0 Å². The van der Waals surface area contributed by atoms with Crippen molar-refractivity contribution >= 4 is 17.7 Å². The van der Waals surface area contributed by atoms with Crippen molar-refractivity contribution in [3.05, 3.63) is 17.5 Å². The zero-order valence-corrected chi connectivity index (χ0v) is 12.6. The Bertz CT molecular complexity index is 412. The SMILES string of the molecule is Cc1cc(C(C)C)nc(NCC2(C)CCCS2)n1. The molecule has 0 radical (unpaired) electrons. The van der Waals surface area contributed by atoms with Gasteiger partial charge in [0.2, 0.25) is 5.95 Å². The van der Waals surface area contributed by atoms with Gasteiger partial charge >= 0.3 is 0 Å². The summed E-state index contributed by atoms with van der Waals surface area (Å²) in [6.07, 6.45) is 2.61. The molecule has 0 amide bonds. The van der Waals surface area contributed by atoms with E-state index < -0.39 is 0 Å². The maximum Gasteiger partial charge on any atom is 0.223 e. The van der Waals surface area contributed by atoms with Gasteiger partial charge in [-0.05, 0) is 44.4 Å². The number of anilines is 1. The van der Waals surface area contributed by atoms with Crippen molar-refractivity contribution in [1.82, 2.24) is 9.97 Å². The molecule has 1 aromatic rings. The maximum atomic E-state index is 4.59. The normalized spacial score (nSPS) is 23.6. The fourth-order valence-corrected chi connectivity index (χ4v) is 3.45. The van der Waals surface area contributed by atoms with E-state index in [1.807, 2.05) is 6.92 Å². The number of nitrogens with zero attached hydrogens (tertiary/aromatic N) is 2. The molecule has 0 bridgehead atoms. The molecule has 3 nitrogen and oxygen atoms in total. The lowest BCUT2D eigenvalue weighted by Gasteiger charge is -2.23. The number of thioether (sulfide) groups is 1. The second-order valence-electron chi connectivity index (χ2n) is 5.67. The van der Waals surface area contributed by atoms with Crippen LogP contribution in [-0.4, -0.2) is 27.0 Å². The second kappa shape index (κ2) is 5.47. The lowest BCUT2D eigenvalue weighted by atomic mass is 10.1. The molecule has 1 unspecified atom stereocenters. The first-order chi connectivity index (χ1) is 8.48. The summed E-state index contributed by atoms with van der Waals surface area (Å²) in [5, 5.41) is 3.42. The molecule has 1 atom stereocenters. The molecule has 4 heteroatoms. The van der Waals surface area contributed by atoms with Crippen molar-refractivity contribution in [2.45, 2.75) is 51.2 Å². The Hall–Kier alpha value is -0.770. The van der Waals surface area contributed by atoms with Crippen LogP contribution in [0.15, 0.2) is 6.07 Å². The average molecular weight is 265 g/mol. The molecule has 1 saturated heterocycles. The highest BCUT2D eigenvalue weighted by Gasteiger charge is 2.29. The standard InChI is InChI=1S/C14H23N3S/c1-10(2)12-8-11(3)16-13(17-12)15-9-14(4)6-5-7-18-14/h8,10H,5-7,9H2,1-4H3,(H,15,16,17). The Morgan fingerprint density at radius 3 is 2.83 bits per heavy atom. The van der Waals surface area contributed by atoms with Crippen molar-refractivity contribution in [2.75, 3.05) is 17.6 Å². The number of aromatic nitrogens is 2. The summed E-state index contributed by atoms with van der Waals surface area (Å²) in [4.78, 5) is 9.07. The molecule has 18 heavy (non-hydrogen) atoms. The van der Waals surface area contributed by atoms with E-state index in [0.717, 1.165) is 23.9 Å². The monoisotopic (exact) mass is 265 g/mol. The Morgan fingerprint density at radius 1 is 1.44 bits per heavy atom. The molecule has 0 aromatic carbocycles. The molecule has 1 N–H and O–H groups in total. The van der Waals surface area contributed by atoms with Gasteiger partial charge in [0.25, 0.3) is 0 Å². The van der Waals surface area contributed by atoms with Crippen LogP contribution in [0, 0.1) is 6.92 Å². The van der Waals surface area contributed by atoms with E-state index in [0.29, 0.717) is 10.7 Å². The van der Waals surface area contributed by atoms with Crippen molar-refractivity contribution in [1.29, 1.82) is 0 Å².